The van der Waals surface area contributed by atoms with Gasteiger partial charge < -0.3 is 15.0 Å². The molecule has 122 valence electrons. The highest BCUT2D eigenvalue weighted by Gasteiger charge is 2.44. The van der Waals surface area contributed by atoms with Crippen LogP contribution in [0, 0.1) is 5.41 Å². The van der Waals surface area contributed by atoms with Gasteiger partial charge in [0.05, 0.1) is 12.0 Å². The maximum Gasteiger partial charge on any atom is 0.232 e. The standard InChI is InChI=1S/C15H27N3O2.ClH/c1-20-12-15(5-6-16-11-15)14(19)18-9-7-17(8-10-18)13-3-2-4-13;/h13,16H,2-12H2,1H3;1H. The van der Waals surface area contributed by atoms with E-state index in [2.05, 4.69) is 15.1 Å². The second kappa shape index (κ2) is 7.27. The monoisotopic (exact) mass is 317 g/mol. The van der Waals surface area contributed by atoms with Gasteiger partial charge >= 0.3 is 0 Å². The van der Waals surface area contributed by atoms with Gasteiger partial charge in [0.15, 0.2) is 0 Å². The third-order valence-corrected chi connectivity index (χ3v) is 5.31. The summed E-state index contributed by atoms with van der Waals surface area (Å²) in [6.07, 6.45) is 4.99. The lowest BCUT2D eigenvalue weighted by molar-refractivity contribution is -0.146. The van der Waals surface area contributed by atoms with Gasteiger partial charge in [-0.1, -0.05) is 6.42 Å². The van der Waals surface area contributed by atoms with Crippen LogP contribution in [-0.4, -0.2) is 74.7 Å². The maximum absolute atomic E-state index is 12.9. The largest absolute Gasteiger partial charge is 0.384 e. The molecule has 1 unspecified atom stereocenters. The van der Waals surface area contributed by atoms with Crippen LogP contribution in [0.25, 0.3) is 0 Å². The van der Waals surface area contributed by atoms with E-state index >= 15 is 0 Å². The predicted octanol–water partition coefficient (Wildman–Crippen LogP) is 0.731. The lowest BCUT2D eigenvalue weighted by atomic mass is 9.86. The smallest absolute Gasteiger partial charge is 0.232 e. The van der Waals surface area contributed by atoms with E-state index in [0.29, 0.717) is 12.5 Å². The third kappa shape index (κ3) is 3.36. The van der Waals surface area contributed by atoms with Crippen LogP contribution in [0.1, 0.15) is 25.7 Å². The number of nitrogens with zero attached hydrogens (tertiary/aromatic N) is 2. The number of ether oxygens (including phenoxy) is 1. The van der Waals surface area contributed by atoms with Gasteiger partial charge in [-0.25, -0.2) is 0 Å². The summed E-state index contributed by atoms with van der Waals surface area (Å²) in [6.45, 7) is 6.11. The first-order chi connectivity index (χ1) is 9.75. The third-order valence-electron chi connectivity index (χ3n) is 5.31. The van der Waals surface area contributed by atoms with Crippen LogP contribution < -0.4 is 5.32 Å². The molecule has 0 spiro atoms. The van der Waals surface area contributed by atoms with E-state index in [9.17, 15) is 4.79 Å². The Kier molecular flexibility index (Phi) is 5.88. The Balaban J connectivity index is 0.00000161. The topological polar surface area (TPSA) is 44.8 Å². The minimum absolute atomic E-state index is 0. The summed E-state index contributed by atoms with van der Waals surface area (Å²) in [4.78, 5) is 17.5. The Morgan fingerprint density at radius 2 is 2.00 bits per heavy atom. The molecule has 6 heteroatoms. The fourth-order valence-corrected chi connectivity index (χ4v) is 3.76. The molecule has 2 heterocycles. The Morgan fingerprint density at radius 3 is 2.48 bits per heavy atom. The minimum Gasteiger partial charge on any atom is -0.384 e. The quantitative estimate of drug-likeness (QED) is 0.830. The predicted molar refractivity (Wildman–Crippen MR) is 84.8 cm³/mol. The lowest BCUT2D eigenvalue weighted by Crippen LogP contribution is -2.57. The number of hydrogen-bond donors (Lipinski definition) is 1. The van der Waals surface area contributed by atoms with Crippen molar-refractivity contribution >= 4 is 18.3 Å². The van der Waals surface area contributed by atoms with Crippen molar-refractivity contribution in [3.8, 4) is 0 Å². The molecule has 1 aliphatic carbocycles. The second-order valence-corrected chi connectivity index (χ2v) is 6.55. The molecular weight excluding hydrogens is 290 g/mol. The molecule has 5 nitrogen and oxygen atoms in total. The van der Waals surface area contributed by atoms with E-state index in [-0.39, 0.29) is 17.8 Å². The number of amides is 1. The molecule has 1 atom stereocenters. The summed E-state index contributed by atoms with van der Waals surface area (Å²) in [5.41, 5.74) is -0.312. The zero-order valence-corrected chi connectivity index (χ0v) is 13.8. The molecule has 21 heavy (non-hydrogen) atoms. The van der Waals surface area contributed by atoms with Gasteiger partial charge in [-0.2, -0.15) is 0 Å². The number of hydrogen-bond acceptors (Lipinski definition) is 4. The van der Waals surface area contributed by atoms with Gasteiger partial charge in [-0.3, -0.25) is 9.69 Å². The van der Waals surface area contributed by atoms with Gasteiger partial charge in [0.2, 0.25) is 5.91 Å². The second-order valence-electron chi connectivity index (χ2n) is 6.55. The van der Waals surface area contributed by atoms with E-state index in [1.165, 1.54) is 19.3 Å². The molecule has 3 rings (SSSR count). The molecule has 1 amide bonds. The van der Waals surface area contributed by atoms with Crippen molar-refractivity contribution in [2.75, 3.05) is 53.0 Å². The van der Waals surface area contributed by atoms with E-state index in [4.69, 9.17) is 4.74 Å². The minimum atomic E-state index is -0.312. The van der Waals surface area contributed by atoms with Gasteiger partial charge in [0.25, 0.3) is 0 Å². The van der Waals surface area contributed by atoms with Crippen LogP contribution in [0.4, 0.5) is 0 Å². The summed E-state index contributed by atoms with van der Waals surface area (Å²) in [6, 6.07) is 0.799. The van der Waals surface area contributed by atoms with Gasteiger partial charge in [-0.15, -0.1) is 12.4 Å². The molecule has 0 aromatic heterocycles. The highest BCUT2D eigenvalue weighted by atomic mass is 35.5. The van der Waals surface area contributed by atoms with E-state index < -0.39 is 0 Å². The molecule has 0 aromatic rings. The average molecular weight is 318 g/mol. The van der Waals surface area contributed by atoms with Crippen molar-refractivity contribution in [2.24, 2.45) is 5.41 Å². The highest BCUT2D eigenvalue weighted by Crippen LogP contribution is 2.30. The number of piperazine rings is 1. The van der Waals surface area contributed by atoms with Crippen LogP contribution in [0.2, 0.25) is 0 Å². The molecule has 2 saturated heterocycles. The zero-order valence-electron chi connectivity index (χ0n) is 13.0. The van der Waals surface area contributed by atoms with E-state index in [1.54, 1.807) is 7.11 Å². The number of carbonyl (C=O) groups is 1. The number of methoxy groups -OCH3 is 1. The number of rotatable bonds is 4. The summed E-state index contributed by atoms with van der Waals surface area (Å²) in [5.74, 6) is 0.303. The van der Waals surface area contributed by atoms with Crippen LogP contribution >= 0.6 is 12.4 Å². The Morgan fingerprint density at radius 1 is 1.29 bits per heavy atom. The maximum atomic E-state index is 12.9. The molecule has 0 aromatic carbocycles. The van der Waals surface area contributed by atoms with Gasteiger partial charge in [-0.05, 0) is 25.8 Å². The van der Waals surface area contributed by atoms with Gasteiger partial charge in [0.1, 0.15) is 0 Å². The first-order valence-electron chi connectivity index (χ1n) is 7.98. The van der Waals surface area contributed by atoms with Crippen molar-refractivity contribution < 1.29 is 9.53 Å². The molecule has 3 fully saturated rings. The average Bonchev–Trinajstić information content (AvgIpc) is 2.87. The Hall–Kier alpha value is -0.360. The lowest BCUT2D eigenvalue weighted by Gasteiger charge is -2.44. The fourth-order valence-electron chi connectivity index (χ4n) is 3.76. The van der Waals surface area contributed by atoms with Crippen LogP contribution in [0.5, 0.6) is 0 Å². The summed E-state index contributed by atoms with van der Waals surface area (Å²) >= 11 is 0. The summed E-state index contributed by atoms with van der Waals surface area (Å²) in [5, 5.41) is 3.33. The number of carbonyl (C=O) groups excluding carboxylic acids is 1. The normalized spacial score (nSPS) is 30.8. The first kappa shape index (κ1) is 17.0. The van der Waals surface area contributed by atoms with Crippen LogP contribution in [0.15, 0.2) is 0 Å². The van der Waals surface area contributed by atoms with Crippen molar-refractivity contribution in [3.63, 3.8) is 0 Å². The summed E-state index contributed by atoms with van der Waals surface area (Å²) in [7, 11) is 1.70. The van der Waals surface area contributed by atoms with Gasteiger partial charge in [0, 0.05) is 45.9 Å². The zero-order chi connectivity index (χ0) is 14.0. The first-order valence-corrected chi connectivity index (χ1v) is 7.98. The van der Waals surface area contributed by atoms with Crippen molar-refractivity contribution in [2.45, 2.75) is 31.7 Å². The van der Waals surface area contributed by atoms with Crippen molar-refractivity contribution in [1.82, 2.24) is 15.1 Å². The Labute approximate surface area is 133 Å². The van der Waals surface area contributed by atoms with Crippen molar-refractivity contribution in [3.05, 3.63) is 0 Å². The molecule has 1 saturated carbocycles. The molecule has 3 aliphatic rings. The van der Waals surface area contributed by atoms with Crippen LogP contribution in [0.3, 0.4) is 0 Å². The van der Waals surface area contributed by atoms with E-state index in [1.807, 2.05) is 0 Å². The Bertz CT molecular complexity index is 349. The molecule has 0 radical (unpaired) electrons. The van der Waals surface area contributed by atoms with Crippen LogP contribution in [-0.2, 0) is 9.53 Å². The van der Waals surface area contributed by atoms with E-state index in [0.717, 1.165) is 51.7 Å². The van der Waals surface area contributed by atoms with Crippen molar-refractivity contribution in [1.29, 1.82) is 0 Å². The molecule has 2 aliphatic heterocycles. The fraction of sp³-hybridized carbons (Fsp3) is 0.933. The molecule has 1 N–H and O–H groups in total. The number of nitrogens with one attached hydrogen (secondary N) is 1. The summed E-state index contributed by atoms with van der Waals surface area (Å²) < 4.78 is 5.33. The highest BCUT2D eigenvalue weighted by molar-refractivity contribution is 5.85. The number of halogens is 1. The molecular formula is C15H28ClN3O2. The molecule has 0 bridgehead atoms. The SMILES string of the molecule is COCC1(C(=O)N2CCN(C3CCC3)CC2)CCNC1.Cl.